The van der Waals surface area contributed by atoms with Crippen LogP contribution in [0.4, 0.5) is 0 Å². The average molecular weight is 293 g/mol. The normalized spacial score (nSPS) is 22.5. The highest BCUT2D eigenvalue weighted by atomic mass is 16.5. The van der Waals surface area contributed by atoms with E-state index in [0.717, 1.165) is 31.4 Å². The third-order valence-corrected chi connectivity index (χ3v) is 3.92. The molecule has 5 N–H and O–H groups in total. The minimum atomic E-state index is -0.134. The van der Waals surface area contributed by atoms with Crippen molar-refractivity contribution in [3.63, 3.8) is 0 Å². The van der Waals surface area contributed by atoms with E-state index < -0.39 is 0 Å². The van der Waals surface area contributed by atoms with Gasteiger partial charge in [-0.05, 0) is 49.4 Å². The van der Waals surface area contributed by atoms with Gasteiger partial charge in [0.05, 0.1) is 18.8 Å². The van der Waals surface area contributed by atoms with Gasteiger partial charge in [-0.3, -0.25) is 0 Å². The van der Waals surface area contributed by atoms with Crippen LogP contribution >= 0.6 is 0 Å². The second-order valence-electron chi connectivity index (χ2n) is 5.48. The lowest BCUT2D eigenvalue weighted by atomic mass is 10.1. The fraction of sp³-hybridized carbons (Fsp3) is 0.533. The molecule has 6 heteroatoms. The number of aliphatic hydroxyl groups excluding tert-OH is 1. The number of aliphatic hydroxyl groups is 1. The number of ether oxygens (including phenoxy) is 1. The summed E-state index contributed by atoms with van der Waals surface area (Å²) in [5.74, 6) is 1.15. The first-order valence-electron chi connectivity index (χ1n) is 7.17. The molecule has 21 heavy (non-hydrogen) atoms. The lowest BCUT2D eigenvalue weighted by molar-refractivity contribution is 0.177. The molecule has 0 radical (unpaired) electrons. The number of amidine groups is 1. The molecule has 0 saturated heterocycles. The zero-order valence-corrected chi connectivity index (χ0v) is 12.2. The number of oxime groups is 1. The number of hydrogen-bond donors (Lipinski definition) is 4. The Labute approximate surface area is 124 Å². The quantitative estimate of drug-likeness (QED) is 0.272. The maximum Gasteiger partial charge on any atom is 0.173 e. The smallest absolute Gasteiger partial charge is 0.173 e. The highest BCUT2D eigenvalue weighted by molar-refractivity contribution is 5.99. The zero-order chi connectivity index (χ0) is 15.2. The third-order valence-electron chi connectivity index (χ3n) is 3.92. The topological polar surface area (TPSA) is 100 Å². The molecule has 0 spiro atoms. The SMILES string of the molecule is COc1ccc(CNCC2CCC(O)C2)cc1/C(N)=N/O. The van der Waals surface area contributed by atoms with Crippen molar-refractivity contribution in [2.24, 2.45) is 16.8 Å². The molecule has 1 saturated carbocycles. The van der Waals surface area contributed by atoms with Crippen LogP contribution in [0.15, 0.2) is 23.4 Å². The Hall–Kier alpha value is -1.79. The molecule has 2 atom stereocenters. The number of hydrogen-bond acceptors (Lipinski definition) is 5. The summed E-state index contributed by atoms with van der Waals surface area (Å²) in [5.41, 5.74) is 7.27. The first-order valence-corrected chi connectivity index (χ1v) is 7.17. The van der Waals surface area contributed by atoms with E-state index in [1.807, 2.05) is 18.2 Å². The standard InChI is InChI=1S/C15H23N3O3/c1-21-14-5-3-11(7-13(14)15(16)18-20)9-17-8-10-2-4-12(19)6-10/h3,5,7,10,12,17,19-20H,2,4,6,8-9H2,1H3,(H2,16,18). The Kier molecular flexibility index (Phi) is 5.41. The van der Waals surface area contributed by atoms with E-state index in [0.29, 0.717) is 23.8 Å². The predicted octanol–water partition coefficient (Wildman–Crippen LogP) is 1.04. The van der Waals surface area contributed by atoms with Gasteiger partial charge >= 0.3 is 0 Å². The molecule has 0 bridgehead atoms. The summed E-state index contributed by atoms with van der Waals surface area (Å²) < 4.78 is 5.20. The van der Waals surface area contributed by atoms with Gasteiger partial charge in [-0.25, -0.2) is 0 Å². The molecule has 2 unspecified atom stereocenters. The van der Waals surface area contributed by atoms with Gasteiger partial charge in [0.25, 0.3) is 0 Å². The highest BCUT2D eigenvalue weighted by Gasteiger charge is 2.22. The van der Waals surface area contributed by atoms with E-state index in [1.165, 1.54) is 0 Å². The molecular formula is C15H23N3O3. The first kappa shape index (κ1) is 15.6. The molecule has 0 amide bonds. The first-order chi connectivity index (χ1) is 10.1. The van der Waals surface area contributed by atoms with E-state index in [-0.39, 0.29) is 11.9 Å². The Morgan fingerprint density at radius 1 is 1.48 bits per heavy atom. The summed E-state index contributed by atoms with van der Waals surface area (Å²) in [4.78, 5) is 0. The van der Waals surface area contributed by atoms with Gasteiger partial charge in [-0.1, -0.05) is 11.2 Å². The average Bonchev–Trinajstić information content (AvgIpc) is 2.91. The van der Waals surface area contributed by atoms with Crippen molar-refractivity contribution < 1.29 is 15.1 Å². The Morgan fingerprint density at radius 2 is 2.29 bits per heavy atom. The van der Waals surface area contributed by atoms with Gasteiger partial charge in [0.15, 0.2) is 5.84 Å². The van der Waals surface area contributed by atoms with Crippen LogP contribution in [-0.4, -0.2) is 35.9 Å². The van der Waals surface area contributed by atoms with Crippen molar-refractivity contribution in [1.82, 2.24) is 5.32 Å². The number of methoxy groups -OCH3 is 1. The van der Waals surface area contributed by atoms with Crippen LogP contribution in [0.1, 0.15) is 30.4 Å². The van der Waals surface area contributed by atoms with Gasteiger partial charge in [-0.2, -0.15) is 0 Å². The summed E-state index contributed by atoms with van der Waals surface area (Å²) >= 11 is 0. The summed E-state index contributed by atoms with van der Waals surface area (Å²) in [7, 11) is 1.55. The number of rotatable bonds is 6. The third kappa shape index (κ3) is 4.09. The maximum atomic E-state index is 9.51. The summed E-state index contributed by atoms with van der Waals surface area (Å²) in [6, 6.07) is 5.61. The molecular weight excluding hydrogens is 270 g/mol. The van der Waals surface area contributed by atoms with Crippen LogP contribution in [0.3, 0.4) is 0 Å². The van der Waals surface area contributed by atoms with Gasteiger partial charge in [0.1, 0.15) is 5.75 Å². The number of nitrogens with one attached hydrogen (secondary N) is 1. The molecule has 0 heterocycles. The lowest BCUT2D eigenvalue weighted by Crippen LogP contribution is -2.22. The maximum absolute atomic E-state index is 9.51. The lowest BCUT2D eigenvalue weighted by Gasteiger charge is -2.13. The van der Waals surface area contributed by atoms with E-state index in [1.54, 1.807) is 7.11 Å². The molecule has 1 aromatic rings. The van der Waals surface area contributed by atoms with Crippen molar-refractivity contribution in [3.8, 4) is 5.75 Å². The molecule has 6 nitrogen and oxygen atoms in total. The molecule has 1 aromatic carbocycles. The van der Waals surface area contributed by atoms with Gasteiger partial charge < -0.3 is 26.1 Å². The summed E-state index contributed by atoms with van der Waals surface area (Å²) in [6.07, 6.45) is 2.73. The number of benzene rings is 1. The Morgan fingerprint density at radius 3 is 2.90 bits per heavy atom. The van der Waals surface area contributed by atoms with Crippen LogP contribution in [0.25, 0.3) is 0 Å². The Bertz CT molecular complexity index is 505. The van der Waals surface area contributed by atoms with E-state index >= 15 is 0 Å². The minimum Gasteiger partial charge on any atom is -0.496 e. The number of nitrogens with zero attached hydrogens (tertiary/aromatic N) is 1. The Balaban J connectivity index is 1.94. The molecule has 2 rings (SSSR count). The van der Waals surface area contributed by atoms with Gasteiger partial charge in [-0.15, -0.1) is 0 Å². The van der Waals surface area contributed by atoms with Crippen LogP contribution in [0.5, 0.6) is 5.75 Å². The van der Waals surface area contributed by atoms with Crippen molar-refractivity contribution in [3.05, 3.63) is 29.3 Å². The van der Waals surface area contributed by atoms with E-state index in [4.69, 9.17) is 15.7 Å². The second-order valence-corrected chi connectivity index (χ2v) is 5.48. The van der Waals surface area contributed by atoms with Crippen molar-refractivity contribution in [1.29, 1.82) is 0 Å². The highest BCUT2D eigenvalue weighted by Crippen LogP contribution is 2.25. The predicted molar refractivity (Wildman–Crippen MR) is 80.6 cm³/mol. The fourth-order valence-electron chi connectivity index (χ4n) is 2.77. The molecule has 1 fully saturated rings. The molecule has 0 aromatic heterocycles. The van der Waals surface area contributed by atoms with Crippen molar-refractivity contribution in [2.45, 2.75) is 31.9 Å². The van der Waals surface area contributed by atoms with Gasteiger partial charge in [0, 0.05) is 6.54 Å². The zero-order valence-electron chi connectivity index (χ0n) is 12.2. The van der Waals surface area contributed by atoms with Crippen LogP contribution in [0, 0.1) is 5.92 Å². The molecule has 116 valence electrons. The second kappa shape index (κ2) is 7.28. The van der Waals surface area contributed by atoms with E-state index in [2.05, 4.69) is 10.5 Å². The fourth-order valence-corrected chi connectivity index (χ4v) is 2.77. The molecule has 0 aliphatic heterocycles. The van der Waals surface area contributed by atoms with E-state index in [9.17, 15) is 5.11 Å². The van der Waals surface area contributed by atoms with Crippen LogP contribution in [0.2, 0.25) is 0 Å². The van der Waals surface area contributed by atoms with Crippen molar-refractivity contribution >= 4 is 5.84 Å². The van der Waals surface area contributed by atoms with Crippen molar-refractivity contribution in [2.75, 3.05) is 13.7 Å². The molecule has 1 aliphatic carbocycles. The van der Waals surface area contributed by atoms with Crippen LogP contribution in [-0.2, 0) is 6.54 Å². The number of nitrogens with two attached hydrogens (primary N) is 1. The monoisotopic (exact) mass is 293 g/mol. The minimum absolute atomic E-state index is 0.0348. The molecule has 1 aliphatic rings. The summed E-state index contributed by atoms with van der Waals surface area (Å²) in [5, 5.41) is 24.7. The largest absolute Gasteiger partial charge is 0.496 e. The summed E-state index contributed by atoms with van der Waals surface area (Å²) in [6.45, 7) is 1.59. The van der Waals surface area contributed by atoms with Gasteiger partial charge in [0.2, 0.25) is 0 Å². The van der Waals surface area contributed by atoms with Crippen LogP contribution < -0.4 is 15.8 Å².